The molecule has 3 aromatic carbocycles. The van der Waals surface area contributed by atoms with Gasteiger partial charge in [-0.25, -0.2) is 0 Å². The molecule has 0 bridgehead atoms. The third-order valence-corrected chi connectivity index (χ3v) is 9.18. The number of para-hydroxylation sites is 1. The molecule has 9 heteroatoms. The van der Waals surface area contributed by atoms with Crippen molar-refractivity contribution >= 4 is 22.8 Å². The van der Waals surface area contributed by atoms with E-state index in [0.29, 0.717) is 39.0 Å². The zero-order valence-electron chi connectivity index (χ0n) is 25.6. The summed E-state index contributed by atoms with van der Waals surface area (Å²) in [5, 5.41) is 29.1. The highest BCUT2D eigenvalue weighted by Crippen LogP contribution is 2.32. The van der Waals surface area contributed by atoms with Crippen molar-refractivity contribution in [2.24, 2.45) is 5.92 Å². The van der Waals surface area contributed by atoms with Gasteiger partial charge in [-0.2, -0.15) is 0 Å². The monoisotopic (exact) mass is 610 g/mol. The highest BCUT2D eigenvalue weighted by Gasteiger charge is 2.36. The summed E-state index contributed by atoms with van der Waals surface area (Å²) in [6, 6.07) is 26.6. The van der Waals surface area contributed by atoms with Crippen molar-refractivity contribution in [1.82, 2.24) is 20.4 Å². The summed E-state index contributed by atoms with van der Waals surface area (Å²) in [7, 11) is 1.63. The fraction of sp³-hybridized carbons (Fsp3) is 0.389. The number of likely N-dealkylation sites (N-methyl/N-ethyl adjacent to an activating group) is 1. The molecule has 2 heterocycles. The zero-order chi connectivity index (χ0) is 31.3. The number of hydrogen-bond acceptors (Lipinski definition) is 7. The standard InChI is InChI=1S/C36H42N4O5/c1-37-36(44)31-23-39(22-29-19-26-12-6-8-14-33(26)45-29)15-16-40(31)21-28(41)18-27(17-24-9-3-2-4-10-24)35(43)38-34-30-13-7-5-11-25(30)20-32(34)42/h2-14,19,27-28,31-32,34,41-42H,15-18,20-23H2,1H3,(H,37,44)(H,38,43). The first kappa shape index (κ1) is 31.0. The molecule has 4 N–H and O–H groups in total. The Bertz CT molecular complexity index is 1570. The summed E-state index contributed by atoms with van der Waals surface area (Å²) >= 11 is 0. The summed E-state index contributed by atoms with van der Waals surface area (Å²) < 4.78 is 6.02. The number of furan rings is 1. The normalized spacial score (nSPS) is 21.7. The van der Waals surface area contributed by atoms with Crippen LogP contribution in [0.25, 0.3) is 11.0 Å². The van der Waals surface area contributed by atoms with Crippen molar-refractivity contribution in [3.05, 3.63) is 107 Å². The molecular formula is C36H42N4O5. The zero-order valence-corrected chi connectivity index (χ0v) is 25.6. The molecule has 0 radical (unpaired) electrons. The second-order valence-corrected chi connectivity index (χ2v) is 12.3. The lowest BCUT2D eigenvalue weighted by Gasteiger charge is -2.41. The number of hydrogen-bond donors (Lipinski definition) is 4. The Morgan fingerprint density at radius 2 is 1.76 bits per heavy atom. The van der Waals surface area contributed by atoms with Gasteiger partial charge >= 0.3 is 0 Å². The van der Waals surface area contributed by atoms with Crippen LogP contribution in [0.3, 0.4) is 0 Å². The van der Waals surface area contributed by atoms with E-state index in [0.717, 1.165) is 33.4 Å². The molecule has 9 nitrogen and oxygen atoms in total. The van der Waals surface area contributed by atoms with Crippen LogP contribution < -0.4 is 10.6 Å². The van der Waals surface area contributed by atoms with E-state index in [1.807, 2.05) is 89.8 Å². The summed E-state index contributed by atoms with van der Waals surface area (Å²) in [5.74, 6) is 0.0291. The van der Waals surface area contributed by atoms with Gasteiger partial charge in [0.25, 0.3) is 0 Å². The van der Waals surface area contributed by atoms with E-state index in [2.05, 4.69) is 15.5 Å². The molecule has 1 aliphatic carbocycles. The number of nitrogens with one attached hydrogen (secondary N) is 2. The number of rotatable bonds is 11. The molecular weight excluding hydrogens is 568 g/mol. The van der Waals surface area contributed by atoms with E-state index in [4.69, 9.17) is 4.42 Å². The minimum absolute atomic E-state index is 0.107. The number of aliphatic hydroxyl groups is 2. The predicted molar refractivity (Wildman–Crippen MR) is 172 cm³/mol. The maximum absolute atomic E-state index is 13.8. The molecule has 236 valence electrons. The molecule has 0 saturated carbocycles. The highest BCUT2D eigenvalue weighted by atomic mass is 16.3. The third kappa shape index (κ3) is 7.28. The fourth-order valence-corrected chi connectivity index (χ4v) is 6.86. The number of piperazine rings is 1. The van der Waals surface area contributed by atoms with Gasteiger partial charge in [-0.15, -0.1) is 0 Å². The molecule has 0 spiro atoms. The summed E-state index contributed by atoms with van der Waals surface area (Å²) in [5.41, 5.74) is 3.82. The van der Waals surface area contributed by atoms with Crippen LogP contribution in [-0.4, -0.2) is 83.3 Å². The number of carbonyl (C=O) groups excluding carboxylic acids is 2. The van der Waals surface area contributed by atoms with Crippen molar-refractivity contribution in [2.45, 2.75) is 50.1 Å². The Morgan fingerprint density at radius 3 is 2.56 bits per heavy atom. The number of aliphatic hydroxyl groups excluding tert-OH is 2. The minimum Gasteiger partial charge on any atom is -0.460 e. The fourth-order valence-electron chi connectivity index (χ4n) is 6.86. The Morgan fingerprint density at radius 1 is 1.00 bits per heavy atom. The maximum Gasteiger partial charge on any atom is 0.238 e. The third-order valence-electron chi connectivity index (χ3n) is 9.18. The number of benzene rings is 3. The molecule has 6 rings (SSSR count). The first-order valence-corrected chi connectivity index (χ1v) is 15.8. The number of carbonyl (C=O) groups is 2. The first-order valence-electron chi connectivity index (χ1n) is 15.8. The summed E-state index contributed by atoms with van der Waals surface area (Å²) in [6.07, 6.45) is -0.350. The van der Waals surface area contributed by atoms with E-state index in [1.165, 1.54) is 0 Å². The van der Waals surface area contributed by atoms with Gasteiger partial charge in [-0.3, -0.25) is 19.4 Å². The van der Waals surface area contributed by atoms with Crippen molar-refractivity contribution in [3.63, 3.8) is 0 Å². The molecule has 1 aliphatic heterocycles. The second kappa shape index (κ2) is 14.0. The van der Waals surface area contributed by atoms with Crippen molar-refractivity contribution in [2.75, 3.05) is 33.2 Å². The van der Waals surface area contributed by atoms with Gasteiger partial charge in [-0.05, 0) is 41.7 Å². The topological polar surface area (TPSA) is 118 Å². The van der Waals surface area contributed by atoms with Crippen LogP contribution in [-0.2, 0) is 29.0 Å². The van der Waals surface area contributed by atoms with Crippen LogP contribution in [0.2, 0.25) is 0 Å². The Hall–Kier alpha value is -4.02. The first-order chi connectivity index (χ1) is 21.9. The van der Waals surface area contributed by atoms with Gasteiger partial charge in [0.1, 0.15) is 17.4 Å². The van der Waals surface area contributed by atoms with Crippen LogP contribution >= 0.6 is 0 Å². The molecule has 4 aromatic rings. The van der Waals surface area contributed by atoms with Crippen LogP contribution in [0.4, 0.5) is 0 Å². The SMILES string of the molecule is CNC(=O)C1CN(Cc2cc3ccccc3o2)CCN1CC(O)CC(Cc1ccccc1)C(=O)NC1c2ccccc2CC1O. The average molecular weight is 611 g/mol. The number of fused-ring (bicyclic) bond motifs is 2. The molecule has 45 heavy (non-hydrogen) atoms. The maximum atomic E-state index is 13.8. The lowest BCUT2D eigenvalue weighted by Crippen LogP contribution is -2.59. The lowest BCUT2D eigenvalue weighted by molar-refractivity contribution is -0.131. The second-order valence-electron chi connectivity index (χ2n) is 12.3. The number of β-amino-alcohol motifs (C(OH)–C–C–N with tert-alkyl or cyclic N) is 1. The highest BCUT2D eigenvalue weighted by molar-refractivity contribution is 5.82. The van der Waals surface area contributed by atoms with E-state index in [1.54, 1.807) is 7.05 Å². The largest absolute Gasteiger partial charge is 0.460 e. The summed E-state index contributed by atoms with van der Waals surface area (Å²) in [6.45, 7) is 2.66. The molecule has 2 amide bonds. The smallest absolute Gasteiger partial charge is 0.238 e. The molecule has 5 atom stereocenters. The molecule has 5 unspecified atom stereocenters. The van der Waals surface area contributed by atoms with Gasteiger partial charge in [0.05, 0.1) is 24.8 Å². The van der Waals surface area contributed by atoms with Crippen LogP contribution in [0.1, 0.15) is 34.9 Å². The van der Waals surface area contributed by atoms with E-state index >= 15 is 0 Å². The summed E-state index contributed by atoms with van der Waals surface area (Å²) in [4.78, 5) is 31.0. The Labute approximate surface area is 263 Å². The van der Waals surface area contributed by atoms with Crippen LogP contribution in [0.15, 0.2) is 89.3 Å². The Kier molecular flexibility index (Phi) is 9.61. The van der Waals surface area contributed by atoms with Crippen molar-refractivity contribution in [1.29, 1.82) is 0 Å². The quantitative estimate of drug-likeness (QED) is 0.206. The number of nitrogens with zero attached hydrogens (tertiary/aromatic N) is 2. The van der Waals surface area contributed by atoms with Gasteiger partial charge in [0, 0.05) is 51.0 Å². The average Bonchev–Trinajstić information content (AvgIpc) is 3.60. The lowest BCUT2D eigenvalue weighted by atomic mass is 9.91. The predicted octanol–water partition coefficient (Wildman–Crippen LogP) is 3.05. The van der Waals surface area contributed by atoms with E-state index in [9.17, 15) is 19.8 Å². The van der Waals surface area contributed by atoms with Crippen LogP contribution in [0, 0.1) is 5.92 Å². The minimum atomic E-state index is -0.834. The molecule has 2 aliphatic rings. The molecule has 1 saturated heterocycles. The van der Waals surface area contributed by atoms with Gasteiger partial charge in [-0.1, -0.05) is 72.8 Å². The van der Waals surface area contributed by atoms with Crippen LogP contribution in [0.5, 0.6) is 0 Å². The van der Waals surface area contributed by atoms with Gasteiger partial charge in [0.15, 0.2) is 0 Å². The van der Waals surface area contributed by atoms with Crippen molar-refractivity contribution < 1.29 is 24.2 Å². The molecule has 1 fully saturated rings. The number of amides is 2. The van der Waals surface area contributed by atoms with Gasteiger partial charge < -0.3 is 25.3 Å². The van der Waals surface area contributed by atoms with E-state index < -0.39 is 30.2 Å². The van der Waals surface area contributed by atoms with Gasteiger partial charge in [0.2, 0.25) is 11.8 Å². The van der Waals surface area contributed by atoms with E-state index in [-0.39, 0.29) is 24.8 Å². The molecule has 1 aromatic heterocycles. The van der Waals surface area contributed by atoms with Crippen molar-refractivity contribution in [3.8, 4) is 0 Å². The Balaban J connectivity index is 1.12.